The van der Waals surface area contributed by atoms with Crippen molar-refractivity contribution in [1.82, 2.24) is 10.3 Å². The van der Waals surface area contributed by atoms with Crippen molar-refractivity contribution in [3.05, 3.63) is 29.6 Å². The summed E-state index contributed by atoms with van der Waals surface area (Å²) in [5.41, 5.74) is 0.365. The predicted octanol–water partition coefficient (Wildman–Crippen LogP) is 0.134. The fourth-order valence-electron chi connectivity index (χ4n) is 1.68. The van der Waals surface area contributed by atoms with Crippen LogP contribution in [-0.2, 0) is 5.60 Å². The molecule has 1 aliphatic heterocycles. The van der Waals surface area contributed by atoms with Gasteiger partial charge in [-0.2, -0.15) is 5.26 Å². The molecule has 2 N–H and O–H groups in total. The van der Waals surface area contributed by atoms with Gasteiger partial charge in [-0.1, -0.05) is 0 Å². The molecule has 14 heavy (non-hydrogen) atoms. The van der Waals surface area contributed by atoms with Gasteiger partial charge < -0.3 is 10.4 Å². The Labute approximate surface area is 82.2 Å². The maximum Gasteiger partial charge on any atom is 0.105 e. The maximum absolute atomic E-state index is 10.2. The lowest BCUT2D eigenvalue weighted by molar-refractivity contribution is 0.0584. The third-order valence-corrected chi connectivity index (χ3v) is 2.54. The third-order valence-electron chi connectivity index (χ3n) is 2.54. The average Bonchev–Trinajstić information content (AvgIpc) is 2.67. The fourth-order valence-corrected chi connectivity index (χ4v) is 1.68. The lowest BCUT2D eigenvalue weighted by Crippen LogP contribution is -2.28. The summed E-state index contributed by atoms with van der Waals surface area (Å²) in [6, 6.07) is 3.71. The molecule has 0 saturated carbocycles. The summed E-state index contributed by atoms with van der Waals surface area (Å²) in [6.45, 7) is 1.33. The Hall–Kier alpha value is -1.44. The number of aliphatic hydroxyl groups is 1. The molecule has 0 radical (unpaired) electrons. The molecule has 0 spiro atoms. The Bertz CT molecular complexity index is 377. The van der Waals surface area contributed by atoms with Crippen LogP contribution in [0.4, 0.5) is 0 Å². The van der Waals surface area contributed by atoms with Crippen LogP contribution < -0.4 is 5.32 Å². The van der Waals surface area contributed by atoms with Gasteiger partial charge in [0.05, 0.1) is 5.56 Å². The van der Waals surface area contributed by atoms with Crippen molar-refractivity contribution in [3.63, 3.8) is 0 Å². The Morgan fingerprint density at radius 3 is 3.07 bits per heavy atom. The van der Waals surface area contributed by atoms with Crippen LogP contribution in [0.2, 0.25) is 0 Å². The van der Waals surface area contributed by atoms with E-state index in [9.17, 15) is 5.11 Å². The molecule has 0 aromatic carbocycles. The second kappa shape index (κ2) is 3.37. The van der Waals surface area contributed by atoms with Crippen LogP contribution >= 0.6 is 0 Å². The molecule has 1 unspecified atom stereocenters. The highest BCUT2D eigenvalue weighted by molar-refractivity contribution is 5.32. The minimum Gasteiger partial charge on any atom is -0.384 e. The molecular weight excluding hydrogens is 178 g/mol. The van der Waals surface area contributed by atoms with Gasteiger partial charge in [0.15, 0.2) is 0 Å². The Kier molecular flexibility index (Phi) is 2.20. The number of nitrogens with one attached hydrogen (secondary N) is 1. The van der Waals surface area contributed by atoms with Crippen LogP contribution in [0.15, 0.2) is 18.5 Å². The van der Waals surface area contributed by atoms with Gasteiger partial charge in [0, 0.05) is 24.5 Å². The van der Waals surface area contributed by atoms with E-state index in [1.165, 1.54) is 6.20 Å². The van der Waals surface area contributed by atoms with Crippen LogP contribution in [0.3, 0.4) is 0 Å². The topological polar surface area (TPSA) is 68.9 Å². The molecule has 72 valence electrons. The molecule has 1 aromatic rings. The van der Waals surface area contributed by atoms with Crippen molar-refractivity contribution >= 4 is 0 Å². The summed E-state index contributed by atoms with van der Waals surface area (Å²) >= 11 is 0. The first-order valence-electron chi connectivity index (χ1n) is 4.53. The largest absolute Gasteiger partial charge is 0.384 e. The minimum atomic E-state index is -0.847. The Morgan fingerprint density at radius 1 is 1.57 bits per heavy atom. The number of β-amino-alcohol motifs (C(OH)–C–C–N with tert-alkyl or cyclic N) is 1. The Morgan fingerprint density at radius 2 is 2.43 bits per heavy atom. The number of rotatable bonds is 1. The molecule has 1 aromatic heterocycles. The summed E-state index contributed by atoms with van der Waals surface area (Å²) in [5, 5.41) is 22.0. The van der Waals surface area contributed by atoms with Crippen molar-refractivity contribution in [3.8, 4) is 6.07 Å². The lowest BCUT2D eigenvalue weighted by Gasteiger charge is -2.21. The molecule has 2 rings (SSSR count). The van der Waals surface area contributed by atoms with Crippen molar-refractivity contribution < 1.29 is 5.11 Å². The van der Waals surface area contributed by atoms with Crippen molar-refractivity contribution in [2.45, 2.75) is 12.0 Å². The minimum absolute atomic E-state index is 0.489. The Balaban J connectivity index is 2.36. The molecule has 0 aliphatic carbocycles. The highest BCUT2D eigenvalue weighted by atomic mass is 16.3. The van der Waals surface area contributed by atoms with E-state index >= 15 is 0 Å². The van der Waals surface area contributed by atoms with Gasteiger partial charge in [-0.3, -0.25) is 4.98 Å². The van der Waals surface area contributed by atoms with Crippen LogP contribution in [0, 0.1) is 11.3 Å². The summed E-state index contributed by atoms with van der Waals surface area (Å²) in [7, 11) is 0. The molecule has 1 saturated heterocycles. The first-order valence-corrected chi connectivity index (χ1v) is 4.53. The van der Waals surface area contributed by atoms with E-state index in [-0.39, 0.29) is 0 Å². The van der Waals surface area contributed by atoms with Gasteiger partial charge in [-0.05, 0) is 19.0 Å². The van der Waals surface area contributed by atoms with Gasteiger partial charge in [-0.25, -0.2) is 0 Å². The molecule has 1 atom stereocenters. The van der Waals surface area contributed by atoms with E-state index in [0.717, 1.165) is 12.1 Å². The predicted molar refractivity (Wildman–Crippen MR) is 50.3 cm³/mol. The normalized spacial score (nSPS) is 26.0. The third kappa shape index (κ3) is 1.48. The van der Waals surface area contributed by atoms with Gasteiger partial charge in [-0.15, -0.1) is 0 Å². The van der Waals surface area contributed by atoms with E-state index in [0.29, 0.717) is 18.5 Å². The number of hydrogen-bond donors (Lipinski definition) is 2. The van der Waals surface area contributed by atoms with Crippen LogP contribution in [0.25, 0.3) is 0 Å². The van der Waals surface area contributed by atoms with Crippen molar-refractivity contribution in [2.75, 3.05) is 13.1 Å². The van der Waals surface area contributed by atoms with Gasteiger partial charge >= 0.3 is 0 Å². The molecule has 4 heteroatoms. The molecule has 1 aliphatic rings. The zero-order valence-corrected chi connectivity index (χ0v) is 7.70. The van der Waals surface area contributed by atoms with Crippen LogP contribution in [0.5, 0.6) is 0 Å². The summed E-state index contributed by atoms with van der Waals surface area (Å²) in [5.74, 6) is 0. The number of pyridine rings is 1. The zero-order chi connectivity index (χ0) is 10.0. The van der Waals surface area contributed by atoms with Gasteiger partial charge in [0.25, 0.3) is 0 Å². The highest BCUT2D eigenvalue weighted by Crippen LogP contribution is 2.27. The summed E-state index contributed by atoms with van der Waals surface area (Å²) in [4.78, 5) is 3.93. The number of nitriles is 1. The van der Waals surface area contributed by atoms with E-state index in [2.05, 4.69) is 10.3 Å². The van der Waals surface area contributed by atoms with Crippen LogP contribution in [0.1, 0.15) is 17.5 Å². The first kappa shape index (κ1) is 9.13. The second-order valence-corrected chi connectivity index (χ2v) is 3.53. The number of nitrogens with zero attached hydrogens (tertiary/aromatic N) is 2. The number of hydrogen-bond acceptors (Lipinski definition) is 4. The van der Waals surface area contributed by atoms with E-state index in [1.807, 2.05) is 6.07 Å². The maximum atomic E-state index is 10.2. The monoisotopic (exact) mass is 189 g/mol. The van der Waals surface area contributed by atoms with E-state index in [4.69, 9.17) is 5.26 Å². The molecular formula is C10H11N3O. The fraction of sp³-hybridized carbons (Fsp3) is 0.400. The second-order valence-electron chi connectivity index (χ2n) is 3.53. The van der Waals surface area contributed by atoms with Crippen LogP contribution in [-0.4, -0.2) is 23.2 Å². The molecule has 2 heterocycles. The van der Waals surface area contributed by atoms with Crippen molar-refractivity contribution in [2.24, 2.45) is 0 Å². The summed E-state index contributed by atoms with van der Waals surface area (Å²) in [6.07, 6.45) is 3.78. The van der Waals surface area contributed by atoms with E-state index < -0.39 is 5.60 Å². The van der Waals surface area contributed by atoms with E-state index in [1.54, 1.807) is 12.3 Å². The number of aromatic nitrogens is 1. The average molecular weight is 189 g/mol. The zero-order valence-electron chi connectivity index (χ0n) is 7.70. The molecule has 4 nitrogen and oxygen atoms in total. The van der Waals surface area contributed by atoms with Gasteiger partial charge in [0.2, 0.25) is 0 Å². The molecule has 1 fully saturated rings. The highest BCUT2D eigenvalue weighted by Gasteiger charge is 2.33. The standard InChI is InChI=1S/C10H11N3O/c11-4-8-3-9(6-13-5-8)10(14)1-2-12-7-10/h3,5-6,12,14H,1-2,7H2. The first-order chi connectivity index (χ1) is 6.74. The lowest BCUT2D eigenvalue weighted by atomic mass is 9.94. The summed E-state index contributed by atoms with van der Waals surface area (Å²) < 4.78 is 0. The molecule has 0 bridgehead atoms. The quantitative estimate of drug-likeness (QED) is 0.659. The molecule has 0 amide bonds. The SMILES string of the molecule is N#Cc1cncc(C2(O)CCNC2)c1. The van der Waals surface area contributed by atoms with Crippen molar-refractivity contribution in [1.29, 1.82) is 5.26 Å². The van der Waals surface area contributed by atoms with Gasteiger partial charge in [0.1, 0.15) is 11.7 Å². The smallest absolute Gasteiger partial charge is 0.105 e.